The molecule has 0 heterocycles. The summed E-state index contributed by atoms with van der Waals surface area (Å²) >= 11 is 3.39. The second kappa shape index (κ2) is 8.27. The van der Waals surface area contributed by atoms with Gasteiger partial charge in [-0.25, -0.2) is 0 Å². The van der Waals surface area contributed by atoms with Gasteiger partial charge < -0.3 is 10.1 Å². The van der Waals surface area contributed by atoms with E-state index in [9.17, 15) is 4.79 Å². The van der Waals surface area contributed by atoms with Gasteiger partial charge in [-0.15, -0.1) is 0 Å². The molecular formula is C14H20BrNO2. The van der Waals surface area contributed by atoms with Crippen LogP contribution in [-0.4, -0.2) is 25.7 Å². The van der Waals surface area contributed by atoms with Crippen molar-refractivity contribution in [3.8, 4) is 0 Å². The predicted molar refractivity (Wildman–Crippen MR) is 76.9 cm³/mol. The smallest absolute Gasteiger partial charge is 0.251 e. The Labute approximate surface area is 117 Å². The summed E-state index contributed by atoms with van der Waals surface area (Å²) in [5, 5.41) is 2.85. The van der Waals surface area contributed by atoms with E-state index in [0.29, 0.717) is 18.7 Å². The monoisotopic (exact) mass is 313 g/mol. The van der Waals surface area contributed by atoms with E-state index < -0.39 is 0 Å². The molecule has 4 heteroatoms. The lowest BCUT2D eigenvalue weighted by atomic mass is 10.1. The van der Waals surface area contributed by atoms with Crippen LogP contribution in [0.25, 0.3) is 0 Å². The minimum absolute atomic E-state index is 0.0570. The van der Waals surface area contributed by atoms with Gasteiger partial charge in [0.25, 0.3) is 5.91 Å². The summed E-state index contributed by atoms with van der Waals surface area (Å²) in [5.74, 6) is -0.0570. The Kier molecular flexibility index (Phi) is 6.98. The van der Waals surface area contributed by atoms with Crippen molar-refractivity contribution in [3.63, 3.8) is 0 Å². The summed E-state index contributed by atoms with van der Waals surface area (Å²) in [4.78, 5) is 11.9. The van der Waals surface area contributed by atoms with Crippen LogP contribution in [0.4, 0.5) is 0 Å². The Morgan fingerprint density at radius 3 is 2.78 bits per heavy atom. The first-order valence-corrected chi connectivity index (χ1v) is 7.06. The molecule has 18 heavy (non-hydrogen) atoms. The number of amides is 1. The number of carbonyl (C=O) groups is 1. The van der Waals surface area contributed by atoms with E-state index >= 15 is 0 Å². The highest BCUT2D eigenvalue weighted by atomic mass is 79.9. The van der Waals surface area contributed by atoms with Gasteiger partial charge >= 0.3 is 0 Å². The summed E-state index contributed by atoms with van der Waals surface area (Å²) in [5.41, 5.74) is 1.74. The van der Waals surface area contributed by atoms with Gasteiger partial charge in [0, 0.05) is 23.2 Å². The molecule has 100 valence electrons. The number of nitrogens with one attached hydrogen (secondary N) is 1. The molecule has 1 N–H and O–H groups in total. The average Bonchev–Trinajstić information content (AvgIpc) is 2.32. The molecule has 1 rings (SSSR count). The minimum Gasteiger partial charge on any atom is -0.380 e. The lowest BCUT2D eigenvalue weighted by Crippen LogP contribution is -2.27. The molecule has 0 aromatic heterocycles. The number of ether oxygens (including phenoxy) is 1. The quantitative estimate of drug-likeness (QED) is 0.784. The summed E-state index contributed by atoms with van der Waals surface area (Å²) in [7, 11) is 0. The molecule has 0 aliphatic heterocycles. The predicted octanol–water partition coefficient (Wildman–Crippen LogP) is 3.30. The highest BCUT2D eigenvalue weighted by Gasteiger charge is 2.06. The molecule has 1 aromatic carbocycles. The number of hydrogen-bond acceptors (Lipinski definition) is 2. The van der Waals surface area contributed by atoms with Crippen LogP contribution >= 0.6 is 15.9 Å². The van der Waals surface area contributed by atoms with Gasteiger partial charge in [0.15, 0.2) is 0 Å². The molecular weight excluding hydrogens is 294 g/mol. The molecule has 0 bridgehead atoms. The van der Waals surface area contributed by atoms with Gasteiger partial charge in [-0.2, -0.15) is 0 Å². The molecule has 0 saturated carbocycles. The topological polar surface area (TPSA) is 38.3 Å². The van der Waals surface area contributed by atoms with E-state index in [2.05, 4.69) is 28.2 Å². The molecule has 0 unspecified atom stereocenters. The molecule has 0 atom stereocenters. The van der Waals surface area contributed by atoms with E-state index in [1.807, 2.05) is 25.1 Å². The van der Waals surface area contributed by atoms with Crippen LogP contribution in [0.2, 0.25) is 0 Å². The zero-order valence-corrected chi connectivity index (χ0v) is 12.5. The first-order valence-electron chi connectivity index (χ1n) is 6.26. The van der Waals surface area contributed by atoms with Crippen LogP contribution in [0, 0.1) is 6.92 Å². The van der Waals surface area contributed by atoms with Crippen LogP contribution in [-0.2, 0) is 4.74 Å². The second-order valence-corrected chi connectivity index (χ2v) is 5.15. The van der Waals surface area contributed by atoms with Gasteiger partial charge in [-0.05, 0) is 37.1 Å². The van der Waals surface area contributed by atoms with E-state index in [1.54, 1.807) is 0 Å². The van der Waals surface area contributed by atoms with Crippen molar-refractivity contribution in [2.75, 3.05) is 19.8 Å². The molecule has 0 aliphatic carbocycles. The number of rotatable bonds is 7. The number of unbranched alkanes of at least 4 members (excludes halogenated alkanes) is 1. The SMILES string of the molecule is CCCCOCCNC(=O)c1cc(C)cc(Br)c1. The third-order valence-electron chi connectivity index (χ3n) is 2.48. The first kappa shape index (κ1) is 15.2. The van der Waals surface area contributed by atoms with E-state index in [1.165, 1.54) is 0 Å². The van der Waals surface area contributed by atoms with Crippen molar-refractivity contribution in [1.82, 2.24) is 5.32 Å². The summed E-state index contributed by atoms with van der Waals surface area (Å²) in [6.07, 6.45) is 2.20. The van der Waals surface area contributed by atoms with Crippen molar-refractivity contribution < 1.29 is 9.53 Å². The third kappa shape index (κ3) is 5.65. The van der Waals surface area contributed by atoms with Crippen LogP contribution in [0.3, 0.4) is 0 Å². The summed E-state index contributed by atoms with van der Waals surface area (Å²) in [6, 6.07) is 5.67. The molecule has 1 aromatic rings. The molecule has 0 saturated heterocycles. The van der Waals surface area contributed by atoms with Crippen molar-refractivity contribution in [1.29, 1.82) is 0 Å². The van der Waals surface area contributed by atoms with Crippen LogP contribution in [0.15, 0.2) is 22.7 Å². The minimum atomic E-state index is -0.0570. The standard InChI is InChI=1S/C14H20BrNO2/c1-3-4-6-18-7-5-16-14(17)12-8-11(2)9-13(15)10-12/h8-10H,3-7H2,1-2H3,(H,16,17). The van der Waals surface area contributed by atoms with Crippen molar-refractivity contribution in [3.05, 3.63) is 33.8 Å². The molecule has 0 fully saturated rings. The maximum atomic E-state index is 11.9. The first-order chi connectivity index (χ1) is 8.63. The second-order valence-electron chi connectivity index (χ2n) is 4.24. The van der Waals surface area contributed by atoms with Gasteiger partial charge in [-0.3, -0.25) is 4.79 Å². The number of halogens is 1. The normalized spacial score (nSPS) is 10.4. The zero-order chi connectivity index (χ0) is 13.4. The summed E-state index contributed by atoms with van der Waals surface area (Å²) < 4.78 is 6.31. The Bertz CT molecular complexity index is 373. The average molecular weight is 314 g/mol. The van der Waals surface area contributed by atoms with Crippen LogP contribution < -0.4 is 5.32 Å². The highest BCUT2D eigenvalue weighted by Crippen LogP contribution is 2.15. The fourth-order valence-corrected chi connectivity index (χ4v) is 2.16. The molecule has 1 amide bonds. The van der Waals surface area contributed by atoms with Crippen LogP contribution in [0.5, 0.6) is 0 Å². The maximum Gasteiger partial charge on any atom is 0.251 e. The van der Waals surface area contributed by atoms with E-state index in [0.717, 1.165) is 29.5 Å². The van der Waals surface area contributed by atoms with Crippen molar-refractivity contribution in [2.45, 2.75) is 26.7 Å². The molecule has 0 spiro atoms. The molecule has 0 aliphatic rings. The highest BCUT2D eigenvalue weighted by molar-refractivity contribution is 9.10. The largest absolute Gasteiger partial charge is 0.380 e. The third-order valence-corrected chi connectivity index (χ3v) is 2.94. The van der Waals surface area contributed by atoms with Crippen LogP contribution in [0.1, 0.15) is 35.7 Å². The number of hydrogen-bond donors (Lipinski definition) is 1. The van der Waals surface area contributed by atoms with Gasteiger partial charge in [0.05, 0.1) is 6.61 Å². The van der Waals surface area contributed by atoms with Gasteiger partial charge in [-0.1, -0.05) is 29.3 Å². The van der Waals surface area contributed by atoms with Crippen molar-refractivity contribution >= 4 is 21.8 Å². The van der Waals surface area contributed by atoms with E-state index in [4.69, 9.17) is 4.74 Å². The summed E-state index contributed by atoms with van der Waals surface area (Å²) in [6.45, 7) is 5.98. The fourth-order valence-electron chi connectivity index (χ4n) is 1.55. The zero-order valence-electron chi connectivity index (χ0n) is 11.0. The molecule has 3 nitrogen and oxygen atoms in total. The lowest BCUT2D eigenvalue weighted by Gasteiger charge is -2.07. The van der Waals surface area contributed by atoms with Crippen molar-refractivity contribution in [2.24, 2.45) is 0 Å². The Balaban J connectivity index is 2.32. The van der Waals surface area contributed by atoms with Gasteiger partial charge in [0.2, 0.25) is 0 Å². The Morgan fingerprint density at radius 1 is 1.33 bits per heavy atom. The number of aryl methyl sites for hydroxylation is 1. The Hall–Kier alpha value is -0.870. The van der Waals surface area contributed by atoms with Gasteiger partial charge in [0.1, 0.15) is 0 Å². The number of carbonyl (C=O) groups excluding carboxylic acids is 1. The maximum absolute atomic E-state index is 11.9. The number of benzene rings is 1. The lowest BCUT2D eigenvalue weighted by molar-refractivity contribution is 0.0912. The molecule has 0 radical (unpaired) electrons. The Morgan fingerprint density at radius 2 is 2.11 bits per heavy atom. The van der Waals surface area contributed by atoms with E-state index in [-0.39, 0.29) is 5.91 Å². The fraction of sp³-hybridized carbons (Fsp3) is 0.500.